The molecule has 0 atom stereocenters. The average molecular weight is 217 g/mol. The number of aromatic nitrogens is 2. The first-order valence-electron chi connectivity index (χ1n) is 5.16. The molecule has 2 rings (SSSR count). The van der Waals surface area contributed by atoms with E-state index in [0.717, 1.165) is 16.6 Å². The van der Waals surface area contributed by atoms with E-state index in [2.05, 4.69) is 18.8 Å². The van der Waals surface area contributed by atoms with Gasteiger partial charge in [0.05, 0.1) is 11.0 Å². The lowest BCUT2D eigenvalue weighted by Crippen LogP contribution is -2.16. The summed E-state index contributed by atoms with van der Waals surface area (Å²) in [6, 6.07) is 2.04. The summed E-state index contributed by atoms with van der Waals surface area (Å²) in [6.07, 6.45) is 0. The molecule has 4 heteroatoms. The van der Waals surface area contributed by atoms with E-state index in [-0.39, 0.29) is 0 Å². The summed E-state index contributed by atoms with van der Waals surface area (Å²) in [7, 11) is 1.81. The summed E-state index contributed by atoms with van der Waals surface area (Å²) in [5.41, 5.74) is 10.6. The van der Waals surface area contributed by atoms with Gasteiger partial charge in [0.15, 0.2) is 5.82 Å². The molecule has 0 saturated carbocycles. The number of rotatable bonds is 1. The van der Waals surface area contributed by atoms with Crippen LogP contribution in [0.25, 0.3) is 11.0 Å². The van der Waals surface area contributed by atoms with Gasteiger partial charge in [0.1, 0.15) is 0 Å². The second kappa shape index (κ2) is 3.33. The van der Waals surface area contributed by atoms with Gasteiger partial charge in [0, 0.05) is 7.05 Å². The molecule has 0 aliphatic heterocycles. The van der Waals surface area contributed by atoms with Crippen molar-refractivity contribution in [2.75, 3.05) is 0 Å². The van der Waals surface area contributed by atoms with Crippen LogP contribution in [0, 0.1) is 20.8 Å². The third-order valence-electron chi connectivity index (χ3n) is 3.22. The fourth-order valence-electron chi connectivity index (χ4n) is 1.96. The molecule has 1 heterocycles. The highest BCUT2D eigenvalue weighted by Gasteiger charge is 2.15. The molecule has 0 spiro atoms. The van der Waals surface area contributed by atoms with Crippen LogP contribution in [0.15, 0.2) is 6.07 Å². The first kappa shape index (κ1) is 10.7. The van der Waals surface area contributed by atoms with Crippen molar-refractivity contribution < 1.29 is 4.79 Å². The molecule has 0 aliphatic carbocycles. The Morgan fingerprint density at radius 1 is 1.31 bits per heavy atom. The molecule has 1 amide bonds. The smallest absolute Gasteiger partial charge is 0.284 e. The number of nitrogens with two attached hydrogens (primary N) is 1. The zero-order valence-electron chi connectivity index (χ0n) is 9.96. The minimum atomic E-state index is -0.492. The number of aryl methyl sites for hydroxylation is 3. The van der Waals surface area contributed by atoms with Crippen LogP contribution in [0.1, 0.15) is 27.3 Å². The summed E-state index contributed by atoms with van der Waals surface area (Å²) < 4.78 is 1.75. The number of amides is 1. The van der Waals surface area contributed by atoms with E-state index in [1.54, 1.807) is 4.57 Å². The fourth-order valence-corrected chi connectivity index (χ4v) is 1.96. The van der Waals surface area contributed by atoms with Crippen molar-refractivity contribution in [1.29, 1.82) is 0 Å². The molecule has 2 N–H and O–H groups in total. The summed E-state index contributed by atoms with van der Waals surface area (Å²) in [5.74, 6) is -0.184. The Morgan fingerprint density at radius 2 is 1.94 bits per heavy atom. The van der Waals surface area contributed by atoms with Gasteiger partial charge in [-0.2, -0.15) is 0 Å². The van der Waals surface area contributed by atoms with Crippen LogP contribution in [-0.2, 0) is 7.05 Å². The Morgan fingerprint density at radius 3 is 2.50 bits per heavy atom. The quantitative estimate of drug-likeness (QED) is 0.788. The van der Waals surface area contributed by atoms with E-state index in [1.807, 2.05) is 20.0 Å². The van der Waals surface area contributed by atoms with Crippen LogP contribution < -0.4 is 5.73 Å². The van der Waals surface area contributed by atoms with Gasteiger partial charge in [-0.05, 0) is 43.5 Å². The number of carbonyl (C=O) groups is 1. The van der Waals surface area contributed by atoms with Crippen molar-refractivity contribution in [1.82, 2.24) is 9.55 Å². The normalized spacial score (nSPS) is 11.0. The Bertz CT molecular complexity index is 596. The zero-order valence-corrected chi connectivity index (χ0v) is 9.96. The molecule has 1 aromatic carbocycles. The lowest BCUT2D eigenvalue weighted by atomic mass is 10.0. The molecule has 0 unspecified atom stereocenters. The van der Waals surface area contributed by atoms with Crippen LogP contribution >= 0.6 is 0 Å². The molecule has 4 nitrogen and oxygen atoms in total. The maximum atomic E-state index is 11.2. The molecular weight excluding hydrogens is 202 g/mol. The van der Waals surface area contributed by atoms with E-state index in [4.69, 9.17) is 5.73 Å². The third kappa shape index (κ3) is 1.30. The number of nitrogens with zero attached hydrogens (tertiary/aromatic N) is 2. The van der Waals surface area contributed by atoms with Gasteiger partial charge in [0.2, 0.25) is 0 Å². The third-order valence-corrected chi connectivity index (χ3v) is 3.22. The molecule has 0 aliphatic rings. The number of primary amides is 1. The largest absolute Gasteiger partial charge is 0.363 e. The molecular formula is C12H15N3O. The summed E-state index contributed by atoms with van der Waals surface area (Å²) >= 11 is 0. The van der Waals surface area contributed by atoms with Crippen LogP contribution in [0.3, 0.4) is 0 Å². The molecule has 84 valence electrons. The first-order valence-corrected chi connectivity index (χ1v) is 5.16. The van der Waals surface area contributed by atoms with E-state index in [0.29, 0.717) is 5.82 Å². The number of imidazole rings is 1. The molecule has 2 aromatic rings. The Kier molecular flexibility index (Phi) is 2.22. The second-order valence-electron chi connectivity index (χ2n) is 4.17. The molecule has 0 saturated heterocycles. The number of benzene rings is 1. The van der Waals surface area contributed by atoms with Crippen LogP contribution in [0.2, 0.25) is 0 Å². The zero-order chi connectivity index (χ0) is 12.0. The van der Waals surface area contributed by atoms with Crippen LogP contribution in [0.5, 0.6) is 0 Å². The monoisotopic (exact) mass is 217 g/mol. The van der Waals surface area contributed by atoms with E-state index in [1.165, 1.54) is 11.1 Å². The van der Waals surface area contributed by atoms with Gasteiger partial charge in [-0.3, -0.25) is 4.79 Å². The number of fused-ring (bicyclic) bond motifs is 1. The van der Waals surface area contributed by atoms with Crippen LogP contribution in [-0.4, -0.2) is 15.5 Å². The molecule has 0 radical (unpaired) electrons. The van der Waals surface area contributed by atoms with Gasteiger partial charge in [0.25, 0.3) is 5.91 Å². The van der Waals surface area contributed by atoms with E-state index < -0.39 is 5.91 Å². The second-order valence-corrected chi connectivity index (χ2v) is 4.17. The van der Waals surface area contributed by atoms with Crippen molar-refractivity contribution in [3.05, 3.63) is 28.6 Å². The van der Waals surface area contributed by atoms with Crippen molar-refractivity contribution in [2.24, 2.45) is 12.8 Å². The van der Waals surface area contributed by atoms with Crippen LogP contribution in [0.4, 0.5) is 0 Å². The first-order chi connectivity index (χ1) is 7.43. The molecule has 1 aromatic heterocycles. The van der Waals surface area contributed by atoms with Crippen molar-refractivity contribution in [2.45, 2.75) is 20.8 Å². The van der Waals surface area contributed by atoms with Crippen molar-refractivity contribution >= 4 is 16.9 Å². The van der Waals surface area contributed by atoms with Gasteiger partial charge >= 0.3 is 0 Å². The average Bonchev–Trinajstić information content (AvgIpc) is 2.54. The maximum Gasteiger partial charge on any atom is 0.284 e. The van der Waals surface area contributed by atoms with Gasteiger partial charge in [-0.25, -0.2) is 4.98 Å². The molecule has 0 bridgehead atoms. The predicted molar refractivity (Wildman–Crippen MR) is 63.4 cm³/mol. The predicted octanol–water partition coefficient (Wildman–Crippen LogP) is 1.60. The minimum absolute atomic E-state index is 0.308. The van der Waals surface area contributed by atoms with Crippen molar-refractivity contribution in [3.63, 3.8) is 0 Å². The number of hydrogen-bond donors (Lipinski definition) is 1. The van der Waals surface area contributed by atoms with Gasteiger partial charge in [-0.1, -0.05) is 0 Å². The standard InChI is InChI=1S/C12H15N3O/c1-6-5-9-10(8(3)7(6)2)14-12(11(13)16)15(9)4/h5H,1-4H3,(H2,13,16). The molecule has 0 fully saturated rings. The fraction of sp³-hybridized carbons (Fsp3) is 0.333. The molecule has 16 heavy (non-hydrogen) atoms. The van der Waals surface area contributed by atoms with E-state index >= 15 is 0 Å². The lowest BCUT2D eigenvalue weighted by molar-refractivity contribution is 0.0988. The highest BCUT2D eigenvalue weighted by Crippen LogP contribution is 2.24. The van der Waals surface area contributed by atoms with Gasteiger partial charge in [-0.15, -0.1) is 0 Å². The van der Waals surface area contributed by atoms with Gasteiger partial charge < -0.3 is 10.3 Å². The Labute approximate surface area is 94.1 Å². The number of carbonyl (C=O) groups excluding carboxylic acids is 1. The highest BCUT2D eigenvalue weighted by atomic mass is 16.1. The lowest BCUT2D eigenvalue weighted by Gasteiger charge is -2.05. The van der Waals surface area contributed by atoms with Crippen molar-refractivity contribution in [3.8, 4) is 0 Å². The Balaban J connectivity index is 2.92. The summed E-state index contributed by atoms with van der Waals surface area (Å²) in [4.78, 5) is 15.5. The highest BCUT2D eigenvalue weighted by molar-refractivity contribution is 5.94. The summed E-state index contributed by atoms with van der Waals surface area (Å²) in [6.45, 7) is 6.13. The number of hydrogen-bond acceptors (Lipinski definition) is 2. The topological polar surface area (TPSA) is 60.9 Å². The Hall–Kier alpha value is -1.84. The minimum Gasteiger partial charge on any atom is -0.363 e. The van der Waals surface area contributed by atoms with E-state index in [9.17, 15) is 4.79 Å². The SMILES string of the molecule is Cc1cc2c(nc(C(N)=O)n2C)c(C)c1C. The maximum absolute atomic E-state index is 11.2. The summed E-state index contributed by atoms with van der Waals surface area (Å²) in [5, 5.41) is 0.